The Morgan fingerprint density at radius 2 is 2.22 bits per heavy atom. The number of halogens is 3. The maximum absolute atomic E-state index is 11.5. The van der Waals surface area contributed by atoms with Crippen LogP contribution < -0.4 is 10.6 Å². The van der Waals surface area contributed by atoms with Crippen LogP contribution in [0.2, 0.25) is 0 Å². The van der Waals surface area contributed by atoms with Gasteiger partial charge in [-0.25, -0.2) is 0 Å². The third kappa shape index (κ3) is 5.93. The van der Waals surface area contributed by atoms with E-state index in [0.717, 1.165) is 25.9 Å². The molecule has 2 atom stereocenters. The van der Waals surface area contributed by atoms with Crippen molar-refractivity contribution in [2.75, 3.05) is 13.2 Å². The molecule has 0 bridgehead atoms. The van der Waals surface area contributed by atoms with Crippen molar-refractivity contribution >= 4 is 40.7 Å². The quantitative estimate of drug-likeness (QED) is 0.584. The zero-order valence-corrected chi connectivity index (χ0v) is 12.6. The van der Waals surface area contributed by atoms with Gasteiger partial charge in [0.15, 0.2) is 0 Å². The zero-order valence-electron chi connectivity index (χ0n) is 10.3. The minimum Gasteiger partial charge on any atom is -0.377 e. The van der Waals surface area contributed by atoms with Gasteiger partial charge in [-0.05, 0) is 19.3 Å². The number of rotatable bonds is 6. The van der Waals surface area contributed by atoms with Crippen molar-refractivity contribution in [2.24, 2.45) is 0 Å². The number of ether oxygens (including phenoxy) is 1. The van der Waals surface area contributed by atoms with E-state index in [1.165, 1.54) is 0 Å². The molecule has 0 aromatic rings. The van der Waals surface area contributed by atoms with E-state index in [2.05, 4.69) is 10.6 Å². The molecule has 1 heterocycles. The summed E-state index contributed by atoms with van der Waals surface area (Å²) in [6.07, 6.45) is 2.63. The van der Waals surface area contributed by atoms with Crippen molar-refractivity contribution in [1.29, 1.82) is 0 Å². The van der Waals surface area contributed by atoms with Crippen molar-refractivity contribution in [2.45, 2.75) is 48.7 Å². The van der Waals surface area contributed by atoms with Crippen molar-refractivity contribution in [1.82, 2.24) is 10.6 Å². The van der Waals surface area contributed by atoms with Crippen molar-refractivity contribution in [3.05, 3.63) is 0 Å². The predicted molar refractivity (Wildman–Crippen MR) is 74.1 cm³/mol. The number of hydrogen-bond donors (Lipinski definition) is 2. The minimum atomic E-state index is -1.58. The van der Waals surface area contributed by atoms with E-state index in [0.29, 0.717) is 13.0 Å². The molecule has 2 N–H and O–H groups in total. The van der Waals surface area contributed by atoms with Crippen LogP contribution in [0.25, 0.3) is 0 Å². The van der Waals surface area contributed by atoms with Crippen LogP contribution in [0.1, 0.15) is 32.6 Å². The lowest BCUT2D eigenvalue weighted by atomic mass is 10.2. The maximum Gasteiger partial charge on any atom is 0.223 e. The van der Waals surface area contributed by atoms with Crippen LogP contribution in [0.5, 0.6) is 0 Å². The SMILES string of the molecule is CCCC(=O)N[C@H](NC[C@@H]1CCCO1)C(Cl)(Cl)Cl. The van der Waals surface area contributed by atoms with Crippen LogP contribution in [0.3, 0.4) is 0 Å². The van der Waals surface area contributed by atoms with Gasteiger partial charge in [-0.1, -0.05) is 41.7 Å². The fourth-order valence-corrected chi connectivity index (χ4v) is 2.16. The molecule has 0 aliphatic carbocycles. The van der Waals surface area contributed by atoms with E-state index >= 15 is 0 Å². The van der Waals surface area contributed by atoms with E-state index in [1.54, 1.807) is 0 Å². The number of hydrogen-bond acceptors (Lipinski definition) is 3. The first-order chi connectivity index (χ1) is 8.43. The Morgan fingerprint density at radius 3 is 2.72 bits per heavy atom. The van der Waals surface area contributed by atoms with Crippen LogP contribution >= 0.6 is 34.8 Å². The average Bonchev–Trinajstić information content (AvgIpc) is 2.75. The highest BCUT2D eigenvalue weighted by Crippen LogP contribution is 2.29. The van der Waals surface area contributed by atoms with E-state index in [4.69, 9.17) is 39.5 Å². The standard InChI is InChI=1S/C11H19Cl3N2O2/c1-2-4-9(17)16-10(11(12,13)14)15-7-8-5-3-6-18-8/h8,10,15H,2-7H2,1H3,(H,16,17)/t8-,10-/m0/s1. The van der Waals surface area contributed by atoms with Crippen molar-refractivity contribution in [3.8, 4) is 0 Å². The van der Waals surface area contributed by atoms with Gasteiger partial charge in [0.2, 0.25) is 9.70 Å². The number of nitrogens with one attached hydrogen (secondary N) is 2. The molecule has 0 radical (unpaired) electrons. The first-order valence-corrected chi connectivity index (χ1v) is 7.28. The number of carbonyl (C=O) groups is 1. The summed E-state index contributed by atoms with van der Waals surface area (Å²) < 4.78 is 3.88. The molecule has 7 heteroatoms. The molecule has 0 unspecified atom stereocenters. The Bertz CT molecular complexity index is 266. The third-order valence-electron chi connectivity index (χ3n) is 2.68. The molecule has 1 amide bonds. The van der Waals surface area contributed by atoms with Gasteiger partial charge in [-0.15, -0.1) is 0 Å². The molecule has 1 rings (SSSR count). The average molecular weight is 318 g/mol. The maximum atomic E-state index is 11.5. The summed E-state index contributed by atoms with van der Waals surface area (Å²) in [5, 5.41) is 5.72. The fraction of sp³-hybridized carbons (Fsp3) is 0.909. The fourth-order valence-electron chi connectivity index (χ4n) is 1.76. The molecule has 4 nitrogen and oxygen atoms in total. The lowest BCUT2D eigenvalue weighted by Crippen LogP contribution is -2.54. The highest BCUT2D eigenvalue weighted by atomic mass is 35.6. The lowest BCUT2D eigenvalue weighted by Gasteiger charge is -2.27. The van der Waals surface area contributed by atoms with Gasteiger partial charge in [-0.2, -0.15) is 0 Å². The molecule has 1 fully saturated rings. The third-order valence-corrected chi connectivity index (χ3v) is 3.34. The smallest absolute Gasteiger partial charge is 0.223 e. The second-order valence-electron chi connectivity index (χ2n) is 4.34. The summed E-state index contributed by atoms with van der Waals surface area (Å²) in [4.78, 5) is 11.5. The van der Waals surface area contributed by atoms with Gasteiger partial charge in [0.05, 0.1) is 6.10 Å². The molecule has 0 aromatic carbocycles. The lowest BCUT2D eigenvalue weighted by molar-refractivity contribution is -0.122. The zero-order chi connectivity index (χ0) is 13.6. The summed E-state index contributed by atoms with van der Waals surface area (Å²) in [6.45, 7) is 3.25. The number of carbonyl (C=O) groups excluding carboxylic acids is 1. The molecule has 18 heavy (non-hydrogen) atoms. The highest BCUT2D eigenvalue weighted by Gasteiger charge is 2.34. The van der Waals surface area contributed by atoms with Gasteiger partial charge in [0, 0.05) is 19.6 Å². The van der Waals surface area contributed by atoms with E-state index in [-0.39, 0.29) is 12.0 Å². The molecule has 1 aliphatic heterocycles. The van der Waals surface area contributed by atoms with Crippen LogP contribution in [0.4, 0.5) is 0 Å². The van der Waals surface area contributed by atoms with Gasteiger partial charge < -0.3 is 10.1 Å². The Hall–Kier alpha value is 0.260. The van der Waals surface area contributed by atoms with E-state index < -0.39 is 9.96 Å². The monoisotopic (exact) mass is 316 g/mol. The van der Waals surface area contributed by atoms with Gasteiger partial charge >= 0.3 is 0 Å². The van der Waals surface area contributed by atoms with Crippen LogP contribution in [0, 0.1) is 0 Å². The van der Waals surface area contributed by atoms with Gasteiger partial charge in [0.1, 0.15) is 6.17 Å². The van der Waals surface area contributed by atoms with Crippen LogP contribution in [0.15, 0.2) is 0 Å². The summed E-state index contributed by atoms with van der Waals surface area (Å²) in [6, 6.07) is 0. The summed E-state index contributed by atoms with van der Waals surface area (Å²) in [5.74, 6) is -0.131. The van der Waals surface area contributed by atoms with Crippen molar-refractivity contribution < 1.29 is 9.53 Å². The molecule has 1 saturated heterocycles. The second-order valence-corrected chi connectivity index (χ2v) is 6.70. The molecule has 0 saturated carbocycles. The van der Waals surface area contributed by atoms with Crippen LogP contribution in [-0.4, -0.2) is 35.1 Å². The number of alkyl halides is 3. The van der Waals surface area contributed by atoms with Crippen molar-refractivity contribution in [3.63, 3.8) is 0 Å². The minimum absolute atomic E-state index is 0.128. The Morgan fingerprint density at radius 1 is 1.50 bits per heavy atom. The van der Waals surface area contributed by atoms with Gasteiger partial charge in [0.25, 0.3) is 0 Å². The molecule has 0 aromatic heterocycles. The predicted octanol–water partition coefficient (Wildman–Crippen LogP) is 2.37. The molecule has 1 aliphatic rings. The largest absolute Gasteiger partial charge is 0.377 e. The second kappa shape index (κ2) is 7.75. The first kappa shape index (κ1) is 16.3. The van der Waals surface area contributed by atoms with Gasteiger partial charge in [-0.3, -0.25) is 10.1 Å². The first-order valence-electron chi connectivity index (χ1n) is 6.14. The summed E-state index contributed by atoms with van der Waals surface area (Å²) in [5.41, 5.74) is 0. The van der Waals surface area contributed by atoms with Crippen LogP contribution in [-0.2, 0) is 9.53 Å². The summed E-state index contributed by atoms with van der Waals surface area (Å²) >= 11 is 17.5. The Labute approximate surface area is 123 Å². The Kier molecular flexibility index (Phi) is 7.03. The summed E-state index contributed by atoms with van der Waals surface area (Å²) in [7, 11) is 0. The normalized spacial score (nSPS) is 21.9. The Balaban J connectivity index is 2.42. The molecule has 106 valence electrons. The topological polar surface area (TPSA) is 50.4 Å². The number of amides is 1. The van der Waals surface area contributed by atoms with E-state index in [9.17, 15) is 4.79 Å². The highest BCUT2D eigenvalue weighted by molar-refractivity contribution is 6.68. The molecular weight excluding hydrogens is 298 g/mol. The molecule has 0 spiro atoms. The molecular formula is C11H19Cl3N2O2. The van der Waals surface area contributed by atoms with E-state index in [1.807, 2.05) is 6.92 Å².